The highest BCUT2D eigenvalue weighted by atomic mass is 32.2. The van der Waals surface area contributed by atoms with E-state index in [9.17, 15) is 13.2 Å². The summed E-state index contributed by atoms with van der Waals surface area (Å²) in [4.78, 5) is 18.6. The van der Waals surface area contributed by atoms with Crippen LogP contribution in [0.15, 0.2) is 23.2 Å². The first-order valence-corrected chi connectivity index (χ1v) is 11.0. The zero-order chi connectivity index (χ0) is 18.7. The summed E-state index contributed by atoms with van der Waals surface area (Å²) < 4.78 is 35.0. The standard InChI is InChI=1S/C17H20N2O5S2/c1-17(2,3)15(20)18-16-19(11-7-26(21,22)8-14(11)25-16)10-4-5-12-13(6-10)24-9-23-12/h4-6,11,14H,7-9H2,1-3H3/t11-,14-/m1/s1. The average Bonchev–Trinajstić information content (AvgIpc) is 3.17. The molecule has 0 aromatic heterocycles. The van der Waals surface area contributed by atoms with Crippen LogP contribution in [-0.2, 0) is 14.6 Å². The second-order valence-corrected chi connectivity index (χ2v) is 11.0. The molecule has 0 N–H and O–H groups in total. The monoisotopic (exact) mass is 396 g/mol. The number of anilines is 1. The van der Waals surface area contributed by atoms with Crippen molar-refractivity contribution < 1.29 is 22.7 Å². The van der Waals surface area contributed by atoms with E-state index in [1.165, 1.54) is 11.8 Å². The summed E-state index contributed by atoms with van der Waals surface area (Å²) in [5, 5.41) is 0.422. The van der Waals surface area contributed by atoms with Crippen molar-refractivity contribution in [3.63, 3.8) is 0 Å². The molecule has 2 fully saturated rings. The van der Waals surface area contributed by atoms with Gasteiger partial charge < -0.3 is 14.4 Å². The van der Waals surface area contributed by atoms with Gasteiger partial charge >= 0.3 is 0 Å². The first kappa shape index (κ1) is 17.7. The maximum Gasteiger partial charge on any atom is 0.253 e. The minimum Gasteiger partial charge on any atom is -0.454 e. The van der Waals surface area contributed by atoms with E-state index in [0.717, 1.165) is 5.69 Å². The average molecular weight is 396 g/mol. The number of hydrogen-bond acceptors (Lipinski definition) is 6. The smallest absolute Gasteiger partial charge is 0.253 e. The number of benzene rings is 1. The normalized spacial score (nSPS) is 27.8. The van der Waals surface area contributed by atoms with Gasteiger partial charge in [-0.05, 0) is 12.1 Å². The summed E-state index contributed by atoms with van der Waals surface area (Å²) in [6.07, 6.45) is 0. The summed E-state index contributed by atoms with van der Waals surface area (Å²) >= 11 is 1.37. The fourth-order valence-corrected chi connectivity index (χ4v) is 7.07. The fourth-order valence-electron chi connectivity index (χ4n) is 3.16. The maximum atomic E-state index is 12.4. The number of nitrogens with zero attached hydrogens (tertiary/aromatic N) is 2. The van der Waals surface area contributed by atoms with Crippen LogP contribution in [0.5, 0.6) is 11.5 Å². The summed E-state index contributed by atoms with van der Waals surface area (Å²) in [7, 11) is -3.10. The van der Waals surface area contributed by atoms with E-state index in [4.69, 9.17) is 9.47 Å². The van der Waals surface area contributed by atoms with Crippen LogP contribution >= 0.6 is 11.8 Å². The highest BCUT2D eigenvalue weighted by Crippen LogP contribution is 2.44. The Morgan fingerprint density at radius 2 is 1.96 bits per heavy atom. The van der Waals surface area contributed by atoms with E-state index in [1.807, 2.05) is 37.8 Å². The molecule has 0 radical (unpaired) electrons. The van der Waals surface area contributed by atoms with Crippen LogP contribution in [0.25, 0.3) is 0 Å². The first-order valence-electron chi connectivity index (χ1n) is 8.33. The molecule has 3 heterocycles. The third-order valence-electron chi connectivity index (χ3n) is 4.54. The Hall–Kier alpha value is -1.74. The van der Waals surface area contributed by atoms with Gasteiger partial charge in [-0.25, -0.2) is 8.42 Å². The van der Waals surface area contributed by atoms with Crippen molar-refractivity contribution in [2.75, 3.05) is 23.2 Å². The molecule has 140 valence electrons. The van der Waals surface area contributed by atoms with Gasteiger partial charge in [0.05, 0.1) is 17.5 Å². The summed E-state index contributed by atoms with van der Waals surface area (Å²) in [6.45, 7) is 5.61. The largest absolute Gasteiger partial charge is 0.454 e. The lowest BCUT2D eigenvalue weighted by Crippen LogP contribution is -2.38. The van der Waals surface area contributed by atoms with Crippen LogP contribution in [0.4, 0.5) is 5.69 Å². The second-order valence-electron chi connectivity index (χ2n) is 7.66. The Kier molecular flexibility index (Phi) is 4.00. The molecule has 0 bridgehead atoms. The number of fused-ring (bicyclic) bond motifs is 2. The number of sulfone groups is 1. The molecule has 2 atom stereocenters. The van der Waals surface area contributed by atoms with Crippen LogP contribution in [0.1, 0.15) is 20.8 Å². The predicted molar refractivity (Wildman–Crippen MR) is 101 cm³/mol. The molecular weight excluding hydrogens is 376 g/mol. The molecule has 0 aliphatic carbocycles. The van der Waals surface area contributed by atoms with Crippen LogP contribution in [0.2, 0.25) is 0 Å². The van der Waals surface area contributed by atoms with Gasteiger partial charge in [-0.15, -0.1) is 0 Å². The van der Waals surface area contributed by atoms with Crippen LogP contribution in [-0.4, -0.2) is 49.1 Å². The molecule has 1 aromatic carbocycles. The fraction of sp³-hybridized carbons (Fsp3) is 0.529. The number of thioether (sulfide) groups is 1. The zero-order valence-electron chi connectivity index (χ0n) is 14.8. The van der Waals surface area contributed by atoms with Gasteiger partial charge in [0.2, 0.25) is 6.79 Å². The predicted octanol–water partition coefficient (Wildman–Crippen LogP) is 2.06. The van der Waals surface area contributed by atoms with Gasteiger partial charge in [0, 0.05) is 22.4 Å². The van der Waals surface area contributed by atoms with Crippen LogP contribution < -0.4 is 14.4 Å². The summed E-state index contributed by atoms with van der Waals surface area (Å²) in [5.41, 5.74) is 0.157. The van der Waals surface area contributed by atoms with E-state index in [1.54, 1.807) is 6.07 Å². The summed E-state index contributed by atoms with van der Waals surface area (Å²) in [5.74, 6) is 1.20. The quantitative estimate of drug-likeness (QED) is 0.718. The maximum absolute atomic E-state index is 12.4. The van der Waals surface area contributed by atoms with Crippen molar-refractivity contribution in [2.24, 2.45) is 10.4 Å². The third kappa shape index (κ3) is 3.07. The van der Waals surface area contributed by atoms with Crippen molar-refractivity contribution in [1.82, 2.24) is 0 Å². The van der Waals surface area contributed by atoms with Crippen molar-refractivity contribution in [3.05, 3.63) is 18.2 Å². The van der Waals surface area contributed by atoms with Crippen LogP contribution in [0.3, 0.4) is 0 Å². The molecule has 3 aliphatic heterocycles. The molecule has 0 spiro atoms. The van der Waals surface area contributed by atoms with Gasteiger partial charge in [-0.3, -0.25) is 4.79 Å². The lowest BCUT2D eigenvalue weighted by Gasteiger charge is -2.25. The molecule has 1 amide bonds. The highest BCUT2D eigenvalue weighted by molar-refractivity contribution is 8.16. The Morgan fingerprint density at radius 3 is 2.69 bits per heavy atom. The first-order chi connectivity index (χ1) is 12.1. The third-order valence-corrected chi connectivity index (χ3v) is 7.75. The highest BCUT2D eigenvalue weighted by Gasteiger charge is 2.49. The van der Waals surface area contributed by atoms with Gasteiger partial charge in [-0.2, -0.15) is 4.99 Å². The molecule has 0 saturated carbocycles. The number of amidine groups is 1. The Bertz CT molecular complexity index is 904. The van der Waals surface area contributed by atoms with Crippen molar-refractivity contribution in [3.8, 4) is 11.5 Å². The van der Waals surface area contributed by atoms with Gasteiger partial charge in [0.25, 0.3) is 5.91 Å². The lowest BCUT2D eigenvalue weighted by atomic mass is 9.96. The lowest BCUT2D eigenvalue weighted by molar-refractivity contribution is -0.124. The SMILES string of the molecule is CC(C)(C)C(=O)N=C1S[C@@H]2CS(=O)(=O)C[C@H]2N1c1ccc2c(c1)OCO2. The van der Waals surface area contributed by atoms with Crippen LogP contribution in [0, 0.1) is 5.41 Å². The van der Waals surface area contributed by atoms with Crippen molar-refractivity contribution in [2.45, 2.75) is 32.1 Å². The molecule has 4 rings (SSSR count). The molecule has 2 saturated heterocycles. The Balaban J connectivity index is 1.75. The number of carbonyl (C=O) groups is 1. The van der Waals surface area contributed by atoms with Crippen molar-refractivity contribution in [1.29, 1.82) is 0 Å². The minimum absolute atomic E-state index is 0.0574. The van der Waals surface area contributed by atoms with E-state index < -0.39 is 15.3 Å². The topological polar surface area (TPSA) is 85.3 Å². The zero-order valence-corrected chi connectivity index (χ0v) is 16.4. The number of hydrogen-bond donors (Lipinski definition) is 0. The molecule has 7 nitrogen and oxygen atoms in total. The molecule has 3 aliphatic rings. The van der Waals surface area contributed by atoms with Gasteiger partial charge in [-0.1, -0.05) is 32.5 Å². The molecule has 0 unspecified atom stereocenters. The van der Waals surface area contributed by atoms with Gasteiger partial charge in [0.1, 0.15) is 0 Å². The van der Waals surface area contributed by atoms with E-state index in [2.05, 4.69) is 4.99 Å². The molecule has 1 aromatic rings. The number of rotatable bonds is 1. The number of ether oxygens (including phenoxy) is 2. The van der Waals surface area contributed by atoms with E-state index in [0.29, 0.717) is 16.7 Å². The molecular formula is C17H20N2O5S2. The number of carbonyl (C=O) groups excluding carboxylic acids is 1. The molecule has 9 heteroatoms. The minimum atomic E-state index is -3.10. The second kappa shape index (κ2) is 5.88. The number of amides is 1. The molecule has 26 heavy (non-hydrogen) atoms. The van der Waals surface area contributed by atoms with Gasteiger partial charge in [0.15, 0.2) is 26.5 Å². The van der Waals surface area contributed by atoms with E-state index in [-0.39, 0.29) is 35.5 Å². The number of aliphatic imine (C=N–C) groups is 1. The summed E-state index contributed by atoms with van der Waals surface area (Å²) in [6, 6.07) is 5.21. The Morgan fingerprint density at radius 1 is 1.23 bits per heavy atom. The Labute approximate surface area is 156 Å². The van der Waals surface area contributed by atoms with E-state index >= 15 is 0 Å². The van der Waals surface area contributed by atoms with Crippen molar-refractivity contribution >= 4 is 38.4 Å².